The maximum atomic E-state index is 13.2. The second-order valence-corrected chi connectivity index (χ2v) is 7.71. The number of furan rings is 1. The molecule has 9 heteroatoms. The van der Waals surface area contributed by atoms with Gasteiger partial charge in [0.15, 0.2) is 5.13 Å². The summed E-state index contributed by atoms with van der Waals surface area (Å²) in [6, 6.07) is 12.7. The predicted octanol–water partition coefficient (Wildman–Crippen LogP) is 5.61. The van der Waals surface area contributed by atoms with Crippen molar-refractivity contribution >= 4 is 49.9 Å². The van der Waals surface area contributed by atoms with Crippen molar-refractivity contribution in [2.45, 2.75) is 13.5 Å². The number of nitro benzene ring substituents is 1. The van der Waals surface area contributed by atoms with Crippen LogP contribution in [0.2, 0.25) is 5.02 Å². The van der Waals surface area contributed by atoms with Gasteiger partial charge in [0.1, 0.15) is 5.76 Å². The molecule has 29 heavy (non-hydrogen) atoms. The molecule has 146 valence electrons. The fraction of sp³-hybridized carbons (Fsp3) is 0.100. The molecule has 0 spiro atoms. The first-order chi connectivity index (χ1) is 13.9. The molecule has 0 aliphatic rings. The summed E-state index contributed by atoms with van der Waals surface area (Å²) in [7, 11) is 0. The minimum atomic E-state index is -0.505. The average Bonchev–Trinajstić information content (AvgIpc) is 3.38. The van der Waals surface area contributed by atoms with Gasteiger partial charge in [0, 0.05) is 22.7 Å². The summed E-state index contributed by atoms with van der Waals surface area (Å²) in [5.41, 5.74) is 1.81. The largest absolute Gasteiger partial charge is 0.467 e. The molecular weight excluding hydrogens is 414 g/mol. The van der Waals surface area contributed by atoms with E-state index in [1.54, 1.807) is 18.2 Å². The lowest BCUT2D eigenvalue weighted by Gasteiger charge is -2.18. The zero-order valence-corrected chi connectivity index (χ0v) is 16.7. The topological polar surface area (TPSA) is 89.5 Å². The Bertz CT molecular complexity index is 1200. The van der Waals surface area contributed by atoms with Crippen LogP contribution in [0, 0.1) is 17.0 Å². The SMILES string of the molecule is Cc1c(Cl)ccc2sc(N(Cc3ccco3)C(=O)c3ccc([N+](=O)[O-])cc3)nc12. The third-order valence-corrected chi connectivity index (χ3v) is 5.88. The molecule has 2 aromatic carbocycles. The van der Waals surface area contributed by atoms with Crippen LogP contribution < -0.4 is 4.90 Å². The van der Waals surface area contributed by atoms with E-state index in [1.165, 1.54) is 46.8 Å². The summed E-state index contributed by atoms with van der Waals surface area (Å²) in [4.78, 5) is 29.8. The van der Waals surface area contributed by atoms with Crippen molar-refractivity contribution in [3.63, 3.8) is 0 Å². The van der Waals surface area contributed by atoms with Gasteiger partial charge in [0.05, 0.1) is 27.9 Å². The highest BCUT2D eigenvalue weighted by Gasteiger charge is 2.24. The number of aryl methyl sites for hydroxylation is 1. The summed E-state index contributed by atoms with van der Waals surface area (Å²) in [5.74, 6) is 0.258. The summed E-state index contributed by atoms with van der Waals surface area (Å²) < 4.78 is 6.32. The molecule has 0 radical (unpaired) electrons. The first-order valence-corrected chi connectivity index (χ1v) is 9.78. The molecule has 0 aliphatic heterocycles. The van der Waals surface area contributed by atoms with Gasteiger partial charge < -0.3 is 4.42 Å². The van der Waals surface area contributed by atoms with E-state index < -0.39 is 4.92 Å². The van der Waals surface area contributed by atoms with Gasteiger partial charge in [-0.1, -0.05) is 22.9 Å². The Kier molecular flexibility index (Phi) is 5.04. The fourth-order valence-corrected chi connectivity index (χ4v) is 4.05. The number of thiazole rings is 1. The van der Waals surface area contributed by atoms with Crippen molar-refractivity contribution in [3.05, 3.63) is 86.8 Å². The van der Waals surface area contributed by atoms with Crippen LogP contribution in [0.3, 0.4) is 0 Å². The summed E-state index contributed by atoms with van der Waals surface area (Å²) in [5, 5.41) is 12.0. The standard InChI is InChI=1S/C20H14ClN3O4S/c1-12-16(21)8-9-17-18(12)22-20(29-17)23(11-15-3-2-10-28-15)19(25)13-4-6-14(7-5-13)24(26)27/h2-10H,11H2,1H3. The number of aromatic nitrogens is 1. The zero-order chi connectivity index (χ0) is 20.5. The van der Waals surface area contributed by atoms with Crippen LogP contribution in [0.4, 0.5) is 10.8 Å². The van der Waals surface area contributed by atoms with Crippen molar-refractivity contribution in [2.24, 2.45) is 0 Å². The lowest BCUT2D eigenvalue weighted by atomic mass is 10.2. The Hall–Kier alpha value is -3.23. The molecule has 0 atom stereocenters. The zero-order valence-electron chi connectivity index (χ0n) is 15.2. The number of non-ortho nitro benzene ring substituents is 1. The number of rotatable bonds is 5. The number of amides is 1. The molecule has 1 amide bonds. The monoisotopic (exact) mass is 427 g/mol. The van der Waals surface area contributed by atoms with E-state index in [2.05, 4.69) is 4.98 Å². The van der Waals surface area contributed by atoms with Crippen molar-refractivity contribution in [3.8, 4) is 0 Å². The Labute approximate surface area is 174 Å². The molecule has 4 aromatic rings. The van der Waals surface area contributed by atoms with Gasteiger partial charge in [0.25, 0.3) is 11.6 Å². The van der Waals surface area contributed by atoms with Gasteiger partial charge >= 0.3 is 0 Å². The minimum Gasteiger partial charge on any atom is -0.467 e. The highest BCUT2D eigenvalue weighted by molar-refractivity contribution is 7.22. The van der Waals surface area contributed by atoms with Gasteiger partial charge in [-0.25, -0.2) is 4.98 Å². The molecule has 0 unspecified atom stereocenters. The number of hydrogen-bond acceptors (Lipinski definition) is 6. The average molecular weight is 428 g/mol. The number of anilines is 1. The smallest absolute Gasteiger partial charge is 0.269 e. The number of carbonyl (C=O) groups excluding carboxylic acids is 1. The Morgan fingerprint density at radius 3 is 2.66 bits per heavy atom. The van der Waals surface area contributed by atoms with E-state index in [9.17, 15) is 14.9 Å². The van der Waals surface area contributed by atoms with E-state index in [0.717, 1.165) is 15.8 Å². The number of nitrogens with zero attached hydrogens (tertiary/aromatic N) is 3. The van der Waals surface area contributed by atoms with E-state index >= 15 is 0 Å². The molecule has 0 N–H and O–H groups in total. The van der Waals surface area contributed by atoms with E-state index in [-0.39, 0.29) is 18.1 Å². The van der Waals surface area contributed by atoms with Crippen molar-refractivity contribution in [1.29, 1.82) is 0 Å². The second-order valence-electron chi connectivity index (χ2n) is 6.29. The molecule has 0 aliphatic carbocycles. The fourth-order valence-electron chi connectivity index (χ4n) is 2.87. The molecule has 2 aromatic heterocycles. The first-order valence-electron chi connectivity index (χ1n) is 8.58. The van der Waals surface area contributed by atoms with Gasteiger partial charge in [-0.05, 0) is 48.9 Å². The van der Waals surface area contributed by atoms with Crippen LogP contribution in [0.15, 0.2) is 59.2 Å². The molecule has 7 nitrogen and oxygen atoms in total. The number of halogens is 1. The third-order valence-electron chi connectivity index (χ3n) is 4.43. The lowest BCUT2D eigenvalue weighted by molar-refractivity contribution is -0.384. The Balaban J connectivity index is 1.76. The summed E-state index contributed by atoms with van der Waals surface area (Å²) >= 11 is 7.57. The van der Waals surface area contributed by atoms with E-state index in [4.69, 9.17) is 16.0 Å². The van der Waals surface area contributed by atoms with Crippen LogP contribution in [-0.2, 0) is 6.54 Å². The number of hydrogen-bond donors (Lipinski definition) is 0. The first kappa shape index (κ1) is 19.1. The highest BCUT2D eigenvalue weighted by Crippen LogP contribution is 2.35. The normalized spacial score (nSPS) is 11.0. The van der Waals surface area contributed by atoms with E-state index in [1.807, 2.05) is 13.0 Å². The number of fused-ring (bicyclic) bond motifs is 1. The molecule has 0 saturated carbocycles. The van der Waals surface area contributed by atoms with Crippen molar-refractivity contribution in [2.75, 3.05) is 4.90 Å². The number of benzene rings is 2. The van der Waals surface area contributed by atoms with Crippen LogP contribution in [0.5, 0.6) is 0 Å². The Morgan fingerprint density at radius 1 is 1.24 bits per heavy atom. The van der Waals surface area contributed by atoms with Gasteiger partial charge in [-0.15, -0.1) is 0 Å². The quantitative estimate of drug-likeness (QED) is 0.305. The second kappa shape index (κ2) is 7.65. The molecular formula is C20H14ClN3O4S. The maximum Gasteiger partial charge on any atom is 0.269 e. The predicted molar refractivity (Wildman–Crippen MR) is 112 cm³/mol. The van der Waals surface area contributed by atoms with Crippen LogP contribution in [0.1, 0.15) is 21.7 Å². The third kappa shape index (κ3) is 3.72. The van der Waals surface area contributed by atoms with Gasteiger partial charge in [0.2, 0.25) is 0 Å². The van der Waals surface area contributed by atoms with Crippen LogP contribution in [-0.4, -0.2) is 15.8 Å². The number of nitro groups is 1. The van der Waals surface area contributed by atoms with Crippen LogP contribution in [0.25, 0.3) is 10.2 Å². The van der Waals surface area contributed by atoms with Gasteiger partial charge in [-0.3, -0.25) is 19.8 Å². The summed E-state index contributed by atoms with van der Waals surface area (Å²) in [6.07, 6.45) is 1.53. The lowest BCUT2D eigenvalue weighted by Crippen LogP contribution is -2.30. The Morgan fingerprint density at radius 2 is 2.00 bits per heavy atom. The van der Waals surface area contributed by atoms with Gasteiger partial charge in [-0.2, -0.15) is 0 Å². The summed E-state index contributed by atoms with van der Waals surface area (Å²) in [6.45, 7) is 2.05. The molecule has 0 saturated heterocycles. The minimum absolute atomic E-state index is 0.0793. The highest BCUT2D eigenvalue weighted by atomic mass is 35.5. The van der Waals surface area contributed by atoms with E-state index in [0.29, 0.717) is 21.5 Å². The van der Waals surface area contributed by atoms with Crippen LogP contribution >= 0.6 is 22.9 Å². The maximum absolute atomic E-state index is 13.2. The molecule has 0 bridgehead atoms. The molecule has 0 fully saturated rings. The van der Waals surface area contributed by atoms with Crippen molar-refractivity contribution in [1.82, 2.24) is 4.98 Å². The molecule has 2 heterocycles. The van der Waals surface area contributed by atoms with Crippen molar-refractivity contribution < 1.29 is 14.1 Å². The number of carbonyl (C=O) groups is 1. The molecule has 4 rings (SSSR count).